The van der Waals surface area contributed by atoms with E-state index in [1.54, 1.807) is 48.5 Å². The molecule has 158 valence electrons. The van der Waals surface area contributed by atoms with Crippen LogP contribution in [0.25, 0.3) is 0 Å². The van der Waals surface area contributed by atoms with Crippen molar-refractivity contribution >= 4 is 17.7 Å². The molecule has 0 spiro atoms. The largest absolute Gasteiger partial charge is 0.274 e. The van der Waals surface area contributed by atoms with Crippen LogP contribution in [0.4, 0.5) is 0 Å². The average molecular weight is 417 g/mol. The minimum absolute atomic E-state index is 0.143. The second kappa shape index (κ2) is 10.2. The van der Waals surface area contributed by atoms with Gasteiger partial charge in [-0.15, -0.1) is 0 Å². The van der Waals surface area contributed by atoms with Crippen LogP contribution in [0.1, 0.15) is 47.8 Å². The molecule has 0 aliphatic carbocycles. The summed E-state index contributed by atoms with van der Waals surface area (Å²) in [5.74, 6) is -1.18. The second-order valence-corrected chi connectivity index (χ2v) is 7.06. The fraction of sp³-hybridized carbons (Fsp3) is 0.125. The predicted molar refractivity (Wildman–Crippen MR) is 116 cm³/mol. The number of hydrogen-bond donors (Lipinski definition) is 3. The van der Waals surface area contributed by atoms with Crippen LogP contribution in [-0.2, 0) is 11.4 Å². The number of nitrogens with one attached hydrogen (secondary N) is 3. The van der Waals surface area contributed by atoms with Gasteiger partial charge in [-0.2, -0.15) is 0 Å². The second-order valence-electron chi connectivity index (χ2n) is 7.06. The fourth-order valence-electron chi connectivity index (χ4n) is 2.66. The van der Waals surface area contributed by atoms with E-state index in [4.69, 9.17) is 4.84 Å². The Bertz CT molecular complexity index is 1060. The number of hydrogen-bond acceptors (Lipinski definition) is 4. The third kappa shape index (κ3) is 6.25. The molecule has 3 amide bonds. The van der Waals surface area contributed by atoms with E-state index < -0.39 is 11.8 Å². The summed E-state index contributed by atoms with van der Waals surface area (Å²) in [5, 5.41) is 0. The van der Waals surface area contributed by atoms with E-state index in [1.165, 1.54) is 0 Å². The summed E-state index contributed by atoms with van der Waals surface area (Å²) in [4.78, 5) is 41.5. The highest BCUT2D eigenvalue weighted by Gasteiger charge is 2.09. The Hall–Kier alpha value is -3.97. The van der Waals surface area contributed by atoms with Gasteiger partial charge in [-0.3, -0.25) is 30.1 Å². The number of benzene rings is 3. The van der Waals surface area contributed by atoms with Crippen LogP contribution in [0.15, 0.2) is 72.8 Å². The normalized spacial score (nSPS) is 10.3. The predicted octanol–water partition coefficient (Wildman–Crippen LogP) is 3.24. The Morgan fingerprint density at radius 1 is 0.613 bits per heavy atom. The first kappa shape index (κ1) is 21.7. The molecule has 0 atom stereocenters. The third-order valence-electron chi connectivity index (χ3n) is 4.54. The number of amides is 3. The van der Waals surface area contributed by atoms with Crippen molar-refractivity contribution in [3.05, 3.63) is 106 Å². The maximum Gasteiger partial charge on any atom is 0.274 e. The summed E-state index contributed by atoms with van der Waals surface area (Å²) in [7, 11) is 0. The van der Waals surface area contributed by atoms with Gasteiger partial charge in [0.2, 0.25) is 0 Å². The maximum absolute atomic E-state index is 12.2. The highest BCUT2D eigenvalue weighted by Crippen LogP contribution is 2.07. The molecule has 0 saturated heterocycles. The molecule has 0 unspecified atom stereocenters. The van der Waals surface area contributed by atoms with Gasteiger partial charge in [0.25, 0.3) is 17.7 Å². The Balaban J connectivity index is 1.45. The molecular weight excluding hydrogens is 394 g/mol. The molecule has 3 rings (SSSR count). The molecule has 0 aliphatic heterocycles. The first-order valence-corrected chi connectivity index (χ1v) is 9.67. The van der Waals surface area contributed by atoms with Gasteiger partial charge in [-0.05, 0) is 55.8 Å². The van der Waals surface area contributed by atoms with Gasteiger partial charge in [-0.25, -0.2) is 5.48 Å². The van der Waals surface area contributed by atoms with Gasteiger partial charge in [0.15, 0.2) is 0 Å². The molecule has 3 aromatic carbocycles. The average Bonchev–Trinajstić information content (AvgIpc) is 2.78. The van der Waals surface area contributed by atoms with Crippen LogP contribution in [0, 0.1) is 13.8 Å². The summed E-state index contributed by atoms with van der Waals surface area (Å²) in [5.41, 5.74) is 11.4. The van der Waals surface area contributed by atoms with E-state index in [9.17, 15) is 14.4 Å². The molecule has 0 radical (unpaired) electrons. The number of aryl methyl sites for hydroxylation is 2. The highest BCUT2D eigenvalue weighted by atomic mass is 16.6. The first-order valence-electron chi connectivity index (χ1n) is 9.67. The summed E-state index contributed by atoms with van der Waals surface area (Å²) in [6.07, 6.45) is 0. The minimum Gasteiger partial charge on any atom is -0.269 e. The smallest absolute Gasteiger partial charge is 0.269 e. The van der Waals surface area contributed by atoms with Crippen molar-refractivity contribution < 1.29 is 19.2 Å². The van der Waals surface area contributed by atoms with Crippen molar-refractivity contribution in [3.63, 3.8) is 0 Å². The lowest BCUT2D eigenvalue weighted by atomic mass is 10.1. The van der Waals surface area contributed by atoms with Crippen molar-refractivity contribution in [2.24, 2.45) is 0 Å². The summed E-state index contributed by atoms with van der Waals surface area (Å²) >= 11 is 0. The van der Waals surface area contributed by atoms with Crippen LogP contribution in [0.5, 0.6) is 0 Å². The van der Waals surface area contributed by atoms with E-state index >= 15 is 0 Å². The Morgan fingerprint density at radius 2 is 1.00 bits per heavy atom. The number of hydrazine groups is 1. The van der Waals surface area contributed by atoms with Crippen LogP contribution in [0.3, 0.4) is 0 Å². The first-order chi connectivity index (χ1) is 14.9. The van der Waals surface area contributed by atoms with Crippen LogP contribution >= 0.6 is 0 Å². The zero-order chi connectivity index (χ0) is 22.2. The van der Waals surface area contributed by atoms with E-state index in [-0.39, 0.29) is 12.5 Å². The summed E-state index contributed by atoms with van der Waals surface area (Å²) in [6.45, 7) is 4.01. The van der Waals surface area contributed by atoms with E-state index in [0.29, 0.717) is 16.7 Å². The van der Waals surface area contributed by atoms with Crippen LogP contribution < -0.4 is 16.3 Å². The zero-order valence-corrected chi connectivity index (χ0v) is 17.3. The number of hydroxylamine groups is 1. The van der Waals surface area contributed by atoms with Gasteiger partial charge >= 0.3 is 0 Å². The maximum atomic E-state index is 12.2. The lowest BCUT2D eigenvalue weighted by Crippen LogP contribution is -2.41. The quantitative estimate of drug-likeness (QED) is 0.537. The number of rotatable bonds is 6. The Kier molecular flexibility index (Phi) is 7.13. The Labute approximate surface area is 180 Å². The molecule has 7 nitrogen and oxygen atoms in total. The van der Waals surface area contributed by atoms with Gasteiger partial charge < -0.3 is 0 Å². The van der Waals surface area contributed by atoms with Crippen LogP contribution in [-0.4, -0.2) is 17.7 Å². The molecule has 3 aromatic rings. The lowest BCUT2D eigenvalue weighted by molar-refractivity contribution is 0.0233. The van der Waals surface area contributed by atoms with Gasteiger partial charge in [0.1, 0.15) is 0 Å². The molecule has 0 aromatic heterocycles. The van der Waals surface area contributed by atoms with Crippen molar-refractivity contribution in [3.8, 4) is 0 Å². The SMILES string of the molecule is Cc1ccc(C(=O)NNC(=O)c2ccc(CONC(=O)c3ccc(C)cc3)cc2)cc1. The van der Waals surface area contributed by atoms with Crippen molar-refractivity contribution in [2.45, 2.75) is 20.5 Å². The number of carbonyl (C=O) groups is 3. The molecule has 7 heteroatoms. The van der Waals surface area contributed by atoms with Crippen LogP contribution in [0.2, 0.25) is 0 Å². The molecule has 0 heterocycles. The third-order valence-corrected chi connectivity index (χ3v) is 4.54. The molecule has 0 bridgehead atoms. The minimum atomic E-state index is -0.444. The fourth-order valence-corrected chi connectivity index (χ4v) is 2.66. The lowest BCUT2D eigenvalue weighted by Gasteiger charge is -2.09. The van der Waals surface area contributed by atoms with Gasteiger partial charge in [0, 0.05) is 16.7 Å². The number of carbonyl (C=O) groups excluding carboxylic acids is 3. The highest BCUT2D eigenvalue weighted by molar-refractivity contribution is 5.99. The van der Waals surface area contributed by atoms with Gasteiger partial charge in [-0.1, -0.05) is 47.5 Å². The van der Waals surface area contributed by atoms with Crippen molar-refractivity contribution in [1.29, 1.82) is 0 Å². The standard InChI is InChI=1S/C24H23N3O4/c1-16-3-9-19(10-4-16)22(28)25-26-23(29)20-13-7-18(8-14-20)15-31-27-24(30)21-11-5-17(2)6-12-21/h3-14H,15H2,1-2H3,(H,25,28)(H,26,29)(H,27,30). The summed E-state index contributed by atoms with van der Waals surface area (Å²) < 4.78 is 0. The molecule has 0 aliphatic rings. The topological polar surface area (TPSA) is 96.5 Å². The molecular formula is C24H23N3O4. The molecule has 3 N–H and O–H groups in total. The van der Waals surface area contributed by atoms with E-state index in [0.717, 1.165) is 16.7 Å². The molecule has 0 fully saturated rings. The van der Waals surface area contributed by atoms with E-state index in [2.05, 4.69) is 16.3 Å². The van der Waals surface area contributed by atoms with Crippen molar-refractivity contribution in [2.75, 3.05) is 0 Å². The molecule has 31 heavy (non-hydrogen) atoms. The van der Waals surface area contributed by atoms with E-state index in [1.807, 2.05) is 38.1 Å². The Morgan fingerprint density at radius 3 is 1.45 bits per heavy atom. The molecule has 0 saturated carbocycles. The van der Waals surface area contributed by atoms with Gasteiger partial charge in [0.05, 0.1) is 6.61 Å². The summed E-state index contributed by atoms with van der Waals surface area (Å²) in [6, 6.07) is 20.8. The monoisotopic (exact) mass is 417 g/mol. The zero-order valence-electron chi connectivity index (χ0n) is 17.3. The van der Waals surface area contributed by atoms with Crippen molar-refractivity contribution in [1.82, 2.24) is 16.3 Å².